The van der Waals surface area contributed by atoms with Gasteiger partial charge in [0.15, 0.2) is 0 Å². The molecule has 0 bridgehead atoms. The highest BCUT2D eigenvalue weighted by molar-refractivity contribution is 5.90. The summed E-state index contributed by atoms with van der Waals surface area (Å²) in [5.74, 6) is -2.28. The highest BCUT2D eigenvalue weighted by Gasteiger charge is 2.12. The summed E-state index contributed by atoms with van der Waals surface area (Å²) in [5, 5.41) is 28.1. The average molecular weight is 248 g/mol. The number of phenols is 2. The van der Waals surface area contributed by atoms with E-state index in [-0.39, 0.29) is 28.2 Å². The number of hydrogen-bond acceptors (Lipinski definition) is 3. The number of phenolic OH excluding ortho intramolecular Hbond substituents is 2. The van der Waals surface area contributed by atoms with Crippen molar-refractivity contribution in [1.82, 2.24) is 0 Å². The number of carboxylic acids is 1. The highest BCUT2D eigenvalue weighted by atomic mass is 19.1. The van der Waals surface area contributed by atoms with Crippen LogP contribution in [-0.2, 0) is 0 Å². The number of rotatable bonds is 2. The fraction of sp³-hybridized carbons (Fsp3) is 0. The molecule has 3 N–H and O–H groups in total. The van der Waals surface area contributed by atoms with Crippen LogP contribution in [-0.4, -0.2) is 21.3 Å². The van der Waals surface area contributed by atoms with Gasteiger partial charge in [0.25, 0.3) is 0 Å². The SMILES string of the molecule is O=C(O)c1ccc(-c2cc(F)ccc2O)c(O)c1. The first-order valence-corrected chi connectivity index (χ1v) is 5.04. The normalized spacial score (nSPS) is 10.3. The topological polar surface area (TPSA) is 77.8 Å². The first-order valence-electron chi connectivity index (χ1n) is 5.04. The minimum absolute atomic E-state index is 0.0906. The van der Waals surface area contributed by atoms with Crippen molar-refractivity contribution in [2.45, 2.75) is 0 Å². The van der Waals surface area contributed by atoms with Crippen LogP contribution in [0.3, 0.4) is 0 Å². The number of hydrogen-bond donors (Lipinski definition) is 3. The summed E-state index contributed by atoms with van der Waals surface area (Å²) in [5.41, 5.74) is 0.175. The fourth-order valence-electron chi connectivity index (χ4n) is 1.62. The first-order chi connectivity index (χ1) is 8.49. The van der Waals surface area contributed by atoms with Crippen molar-refractivity contribution >= 4 is 5.97 Å². The Morgan fingerprint density at radius 3 is 2.28 bits per heavy atom. The second-order valence-corrected chi connectivity index (χ2v) is 3.70. The number of carbonyl (C=O) groups is 1. The van der Waals surface area contributed by atoms with Gasteiger partial charge in [0.05, 0.1) is 5.56 Å². The van der Waals surface area contributed by atoms with Crippen LogP contribution in [0.5, 0.6) is 11.5 Å². The molecule has 2 aromatic rings. The molecule has 0 aliphatic carbocycles. The van der Waals surface area contributed by atoms with E-state index in [1.807, 2.05) is 0 Å². The lowest BCUT2D eigenvalue weighted by Gasteiger charge is -2.08. The number of aromatic hydroxyl groups is 2. The molecule has 92 valence electrons. The second-order valence-electron chi connectivity index (χ2n) is 3.70. The van der Waals surface area contributed by atoms with E-state index in [1.54, 1.807) is 0 Å². The number of halogens is 1. The second kappa shape index (κ2) is 4.37. The van der Waals surface area contributed by atoms with Crippen molar-refractivity contribution in [3.8, 4) is 22.6 Å². The van der Waals surface area contributed by atoms with Crippen LogP contribution in [0.15, 0.2) is 36.4 Å². The Bertz CT molecular complexity index is 622. The third-order valence-electron chi connectivity index (χ3n) is 2.49. The maximum Gasteiger partial charge on any atom is 0.335 e. The summed E-state index contributed by atoms with van der Waals surface area (Å²) >= 11 is 0. The van der Waals surface area contributed by atoms with Crippen LogP contribution in [0, 0.1) is 5.82 Å². The van der Waals surface area contributed by atoms with Crippen LogP contribution >= 0.6 is 0 Å². The molecule has 0 fully saturated rings. The van der Waals surface area contributed by atoms with Crippen molar-refractivity contribution in [2.75, 3.05) is 0 Å². The van der Waals surface area contributed by atoms with Crippen LogP contribution in [0.2, 0.25) is 0 Å². The summed E-state index contributed by atoms with van der Waals surface area (Å²) in [7, 11) is 0. The molecule has 0 aromatic heterocycles. The fourth-order valence-corrected chi connectivity index (χ4v) is 1.62. The van der Waals surface area contributed by atoms with E-state index >= 15 is 0 Å². The first kappa shape index (κ1) is 11.9. The van der Waals surface area contributed by atoms with Crippen molar-refractivity contribution < 1.29 is 24.5 Å². The monoisotopic (exact) mass is 248 g/mol. The molecular weight excluding hydrogens is 239 g/mol. The van der Waals surface area contributed by atoms with Gasteiger partial charge in [-0.3, -0.25) is 0 Å². The van der Waals surface area contributed by atoms with Gasteiger partial charge < -0.3 is 15.3 Å². The Kier molecular flexibility index (Phi) is 2.89. The Balaban J connectivity index is 2.58. The van der Waals surface area contributed by atoms with E-state index in [0.717, 1.165) is 24.3 Å². The van der Waals surface area contributed by atoms with Gasteiger partial charge in [-0.25, -0.2) is 9.18 Å². The van der Waals surface area contributed by atoms with Crippen LogP contribution in [0.1, 0.15) is 10.4 Å². The predicted octanol–water partition coefficient (Wildman–Crippen LogP) is 2.60. The Morgan fingerprint density at radius 1 is 0.944 bits per heavy atom. The molecule has 0 spiro atoms. The third-order valence-corrected chi connectivity index (χ3v) is 2.49. The molecule has 5 heteroatoms. The largest absolute Gasteiger partial charge is 0.507 e. The lowest BCUT2D eigenvalue weighted by Crippen LogP contribution is -1.95. The summed E-state index contributed by atoms with van der Waals surface area (Å²) in [6, 6.07) is 6.93. The molecule has 18 heavy (non-hydrogen) atoms. The van der Waals surface area contributed by atoms with Crippen LogP contribution in [0.4, 0.5) is 4.39 Å². The minimum atomic E-state index is -1.18. The van der Waals surface area contributed by atoms with Gasteiger partial charge in [-0.2, -0.15) is 0 Å². The van der Waals surface area contributed by atoms with E-state index in [2.05, 4.69) is 0 Å². The zero-order valence-corrected chi connectivity index (χ0v) is 9.09. The molecule has 2 rings (SSSR count). The smallest absolute Gasteiger partial charge is 0.335 e. The van der Waals surface area contributed by atoms with Crippen LogP contribution < -0.4 is 0 Å². The van der Waals surface area contributed by atoms with Gasteiger partial charge >= 0.3 is 5.97 Å². The molecule has 0 amide bonds. The third kappa shape index (κ3) is 2.10. The van der Waals surface area contributed by atoms with E-state index in [9.17, 15) is 19.4 Å². The standard InChI is InChI=1S/C13H9FO4/c14-8-2-4-11(15)10(6-8)9-3-1-7(13(17)18)5-12(9)16/h1-6,15-16H,(H,17,18). The van der Waals surface area contributed by atoms with Gasteiger partial charge in [-0.1, -0.05) is 0 Å². The molecule has 4 nitrogen and oxygen atoms in total. The van der Waals surface area contributed by atoms with E-state index < -0.39 is 11.8 Å². The van der Waals surface area contributed by atoms with E-state index in [4.69, 9.17) is 5.11 Å². The molecule has 0 atom stereocenters. The van der Waals surface area contributed by atoms with Gasteiger partial charge in [0.1, 0.15) is 17.3 Å². The molecule has 0 aliphatic heterocycles. The maximum atomic E-state index is 13.1. The zero-order valence-electron chi connectivity index (χ0n) is 9.09. The number of carboxylic acid groups (broad SMARTS) is 1. The van der Waals surface area contributed by atoms with Crippen molar-refractivity contribution in [2.24, 2.45) is 0 Å². The molecule has 0 radical (unpaired) electrons. The Labute approximate surface area is 102 Å². The highest BCUT2D eigenvalue weighted by Crippen LogP contribution is 2.36. The quantitative estimate of drug-likeness (QED) is 0.763. The molecule has 0 aliphatic rings. The molecule has 0 heterocycles. The number of benzene rings is 2. The number of aromatic carboxylic acids is 1. The molecule has 0 saturated heterocycles. The summed E-state index contributed by atoms with van der Waals surface area (Å²) in [4.78, 5) is 10.7. The molecular formula is C13H9FO4. The summed E-state index contributed by atoms with van der Waals surface area (Å²) in [6.07, 6.45) is 0. The van der Waals surface area contributed by atoms with Crippen molar-refractivity contribution in [3.05, 3.63) is 47.8 Å². The Morgan fingerprint density at radius 2 is 1.67 bits per heavy atom. The van der Waals surface area contributed by atoms with Gasteiger partial charge in [-0.15, -0.1) is 0 Å². The van der Waals surface area contributed by atoms with Gasteiger partial charge in [0, 0.05) is 11.1 Å². The van der Waals surface area contributed by atoms with Crippen molar-refractivity contribution in [3.63, 3.8) is 0 Å². The van der Waals surface area contributed by atoms with Crippen LogP contribution in [0.25, 0.3) is 11.1 Å². The molecule has 2 aromatic carbocycles. The van der Waals surface area contributed by atoms with Gasteiger partial charge in [0.2, 0.25) is 0 Å². The summed E-state index contributed by atoms with van der Waals surface area (Å²) < 4.78 is 13.1. The van der Waals surface area contributed by atoms with E-state index in [1.165, 1.54) is 12.1 Å². The molecule has 0 unspecified atom stereocenters. The summed E-state index contributed by atoms with van der Waals surface area (Å²) in [6.45, 7) is 0. The van der Waals surface area contributed by atoms with Gasteiger partial charge in [-0.05, 0) is 36.4 Å². The zero-order chi connectivity index (χ0) is 13.3. The predicted molar refractivity (Wildman–Crippen MR) is 62.1 cm³/mol. The molecule has 0 saturated carbocycles. The average Bonchev–Trinajstić information content (AvgIpc) is 2.32. The maximum absolute atomic E-state index is 13.1. The van der Waals surface area contributed by atoms with E-state index in [0.29, 0.717) is 0 Å². The van der Waals surface area contributed by atoms with Crippen molar-refractivity contribution in [1.29, 1.82) is 0 Å². The lowest BCUT2D eigenvalue weighted by atomic mass is 10.0. The minimum Gasteiger partial charge on any atom is -0.507 e. The lowest BCUT2D eigenvalue weighted by molar-refractivity contribution is 0.0696. The Hall–Kier alpha value is -2.56.